The number of carbonyl (C=O) groups excluding carboxylic acids is 1. The van der Waals surface area contributed by atoms with Crippen molar-refractivity contribution in [2.45, 2.75) is 32.2 Å². The Hall–Kier alpha value is -1.81. The maximum absolute atomic E-state index is 12.3. The summed E-state index contributed by atoms with van der Waals surface area (Å²) in [6.07, 6.45) is 1.66. The molecule has 2 amide bonds. The Balaban J connectivity index is 2.76. The number of urea groups is 1. The van der Waals surface area contributed by atoms with Gasteiger partial charge < -0.3 is 15.3 Å². The first-order valence-corrected chi connectivity index (χ1v) is 7.26. The first-order chi connectivity index (χ1) is 9.93. The largest absolute Gasteiger partial charge is 0.395 e. The Bertz CT molecular complexity index is 457. The molecule has 1 aromatic rings. The lowest BCUT2D eigenvalue weighted by Gasteiger charge is -2.34. The molecule has 1 aromatic carbocycles. The van der Waals surface area contributed by atoms with Crippen molar-refractivity contribution in [3.63, 3.8) is 0 Å². The van der Waals surface area contributed by atoms with Gasteiger partial charge in [-0.05, 0) is 12.5 Å². The third-order valence-electron chi connectivity index (χ3n) is 3.95. The van der Waals surface area contributed by atoms with E-state index in [4.69, 9.17) is 5.11 Å². The molecule has 0 aliphatic heterocycles. The number of benzene rings is 1. The van der Waals surface area contributed by atoms with E-state index in [1.54, 1.807) is 11.0 Å². The van der Waals surface area contributed by atoms with Crippen LogP contribution in [0.5, 0.6) is 0 Å². The zero-order valence-corrected chi connectivity index (χ0v) is 13.2. The molecule has 2 N–H and O–H groups in total. The van der Waals surface area contributed by atoms with Crippen LogP contribution in [0.4, 0.5) is 4.79 Å². The molecule has 0 fully saturated rings. The van der Waals surface area contributed by atoms with Crippen LogP contribution in [0.25, 0.3) is 0 Å². The van der Waals surface area contributed by atoms with Crippen LogP contribution in [0.15, 0.2) is 43.0 Å². The lowest BCUT2D eigenvalue weighted by Crippen LogP contribution is -2.51. The number of aliphatic hydroxyl groups excluding tert-OH is 1. The first kappa shape index (κ1) is 17.2. The molecule has 0 aromatic heterocycles. The lowest BCUT2D eigenvalue weighted by molar-refractivity contribution is 0.176. The van der Waals surface area contributed by atoms with E-state index < -0.39 is 0 Å². The van der Waals surface area contributed by atoms with Crippen LogP contribution < -0.4 is 5.32 Å². The predicted octanol–water partition coefficient (Wildman–Crippen LogP) is 2.54. The minimum Gasteiger partial charge on any atom is -0.395 e. The molecule has 0 saturated heterocycles. The second-order valence-corrected chi connectivity index (χ2v) is 5.72. The Labute approximate surface area is 127 Å². The maximum Gasteiger partial charge on any atom is 0.317 e. The van der Waals surface area contributed by atoms with Gasteiger partial charge in [-0.25, -0.2) is 4.79 Å². The quantitative estimate of drug-likeness (QED) is 0.758. The molecule has 1 rings (SSSR count). The minimum absolute atomic E-state index is 0.0431. The second-order valence-electron chi connectivity index (χ2n) is 5.72. The van der Waals surface area contributed by atoms with Gasteiger partial charge in [0, 0.05) is 24.5 Å². The summed E-state index contributed by atoms with van der Waals surface area (Å²) in [6, 6.07) is 9.90. The number of nitrogens with one attached hydrogen (secondary N) is 1. The summed E-state index contributed by atoms with van der Waals surface area (Å²) in [4.78, 5) is 13.8. The van der Waals surface area contributed by atoms with Gasteiger partial charge in [-0.15, -0.1) is 6.58 Å². The molecular formula is C17H26N2O2. The van der Waals surface area contributed by atoms with Gasteiger partial charge in [0.15, 0.2) is 0 Å². The average Bonchev–Trinajstić information content (AvgIpc) is 2.47. The summed E-state index contributed by atoms with van der Waals surface area (Å²) in [7, 11) is 0. The molecule has 1 atom stereocenters. The van der Waals surface area contributed by atoms with Crippen LogP contribution in [0, 0.1) is 0 Å². The van der Waals surface area contributed by atoms with Crippen molar-refractivity contribution in [2.75, 3.05) is 19.7 Å². The van der Waals surface area contributed by atoms with E-state index in [9.17, 15) is 4.79 Å². The van der Waals surface area contributed by atoms with E-state index in [0.717, 1.165) is 0 Å². The summed E-state index contributed by atoms with van der Waals surface area (Å²) >= 11 is 0. The average molecular weight is 290 g/mol. The second kappa shape index (κ2) is 7.84. The highest BCUT2D eigenvalue weighted by Crippen LogP contribution is 2.26. The smallest absolute Gasteiger partial charge is 0.317 e. The Kier molecular flexibility index (Phi) is 6.43. The molecule has 0 radical (unpaired) electrons. The SMILES string of the molecule is C=CCN(CCO)C(=O)NC(C)C(C)(C)c1ccccc1. The highest BCUT2D eigenvalue weighted by Gasteiger charge is 2.29. The molecule has 4 nitrogen and oxygen atoms in total. The van der Waals surface area contributed by atoms with E-state index in [0.29, 0.717) is 13.1 Å². The van der Waals surface area contributed by atoms with Crippen molar-refractivity contribution in [3.05, 3.63) is 48.6 Å². The van der Waals surface area contributed by atoms with Crippen molar-refractivity contribution in [1.29, 1.82) is 0 Å². The monoisotopic (exact) mass is 290 g/mol. The third-order valence-corrected chi connectivity index (χ3v) is 3.95. The number of hydrogen-bond donors (Lipinski definition) is 2. The van der Waals surface area contributed by atoms with Gasteiger partial charge in [0.25, 0.3) is 0 Å². The summed E-state index contributed by atoms with van der Waals surface area (Å²) in [5.41, 5.74) is 0.992. The van der Waals surface area contributed by atoms with E-state index in [1.165, 1.54) is 5.56 Å². The van der Waals surface area contributed by atoms with Crippen LogP contribution in [0.1, 0.15) is 26.3 Å². The molecule has 1 unspecified atom stereocenters. The van der Waals surface area contributed by atoms with Crippen LogP contribution in [0.3, 0.4) is 0 Å². The molecule has 0 saturated carbocycles. The maximum atomic E-state index is 12.3. The van der Waals surface area contributed by atoms with Gasteiger partial charge in [0.05, 0.1) is 6.61 Å². The first-order valence-electron chi connectivity index (χ1n) is 7.26. The minimum atomic E-state index is -0.185. The lowest BCUT2D eigenvalue weighted by atomic mass is 9.78. The highest BCUT2D eigenvalue weighted by molar-refractivity contribution is 5.75. The molecule has 0 bridgehead atoms. The number of carbonyl (C=O) groups is 1. The van der Waals surface area contributed by atoms with Crippen molar-refractivity contribution < 1.29 is 9.90 Å². The van der Waals surface area contributed by atoms with E-state index in [1.807, 2.05) is 25.1 Å². The van der Waals surface area contributed by atoms with E-state index >= 15 is 0 Å². The molecule has 4 heteroatoms. The van der Waals surface area contributed by atoms with Crippen molar-refractivity contribution in [3.8, 4) is 0 Å². The fraction of sp³-hybridized carbons (Fsp3) is 0.471. The number of nitrogens with zero attached hydrogens (tertiary/aromatic N) is 1. The van der Waals surface area contributed by atoms with Crippen molar-refractivity contribution in [1.82, 2.24) is 10.2 Å². The molecule has 116 valence electrons. The summed E-state index contributed by atoms with van der Waals surface area (Å²) < 4.78 is 0. The predicted molar refractivity (Wildman–Crippen MR) is 86.3 cm³/mol. The molecule has 0 aliphatic carbocycles. The van der Waals surface area contributed by atoms with Gasteiger partial charge >= 0.3 is 6.03 Å². The summed E-state index contributed by atoms with van der Waals surface area (Å²) in [5.74, 6) is 0. The number of hydrogen-bond acceptors (Lipinski definition) is 2. The highest BCUT2D eigenvalue weighted by atomic mass is 16.3. The molecule has 0 aliphatic rings. The fourth-order valence-corrected chi connectivity index (χ4v) is 2.13. The Morgan fingerprint density at radius 1 is 1.43 bits per heavy atom. The molecular weight excluding hydrogens is 264 g/mol. The van der Waals surface area contributed by atoms with Crippen LogP contribution in [-0.2, 0) is 5.41 Å². The molecule has 0 heterocycles. The number of aliphatic hydroxyl groups is 1. The van der Waals surface area contributed by atoms with Gasteiger partial charge in [0.1, 0.15) is 0 Å². The van der Waals surface area contributed by atoms with Crippen LogP contribution in [0.2, 0.25) is 0 Å². The summed E-state index contributed by atoms with van der Waals surface area (Å²) in [6.45, 7) is 10.5. The van der Waals surface area contributed by atoms with E-state index in [-0.39, 0.29) is 24.1 Å². The number of rotatable bonds is 7. The van der Waals surface area contributed by atoms with Gasteiger partial charge in [-0.2, -0.15) is 0 Å². The van der Waals surface area contributed by atoms with Gasteiger partial charge in [-0.1, -0.05) is 50.3 Å². The zero-order chi connectivity index (χ0) is 15.9. The standard InChI is InChI=1S/C17H26N2O2/c1-5-11-19(12-13-20)16(21)18-14(2)17(3,4)15-9-7-6-8-10-15/h5-10,14,20H,1,11-13H2,2-4H3,(H,18,21). The normalized spacial score (nSPS) is 12.6. The number of amides is 2. The van der Waals surface area contributed by atoms with E-state index in [2.05, 4.69) is 37.9 Å². The molecule has 21 heavy (non-hydrogen) atoms. The van der Waals surface area contributed by atoms with Crippen molar-refractivity contribution in [2.24, 2.45) is 0 Å². The zero-order valence-electron chi connectivity index (χ0n) is 13.2. The fourth-order valence-electron chi connectivity index (χ4n) is 2.13. The van der Waals surface area contributed by atoms with Crippen LogP contribution in [-0.4, -0.2) is 41.8 Å². The topological polar surface area (TPSA) is 52.6 Å². The Morgan fingerprint density at radius 2 is 2.05 bits per heavy atom. The Morgan fingerprint density at radius 3 is 2.57 bits per heavy atom. The van der Waals surface area contributed by atoms with Crippen LogP contribution >= 0.6 is 0 Å². The van der Waals surface area contributed by atoms with Gasteiger partial charge in [0.2, 0.25) is 0 Å². The van der Waals surface area contributed by atoms with Crippen molar-refractivity contribution >= 4 is 6.03 Å². The third kappa shape index (κ3) is 4.60. The van der Waals surface area contributed by atoms with Gasteiger partial charge in [-0.3, -0.25) is 0 Å². The molecule has 0 spiro atoms. The summed E-state index contributed by atoms with van der Waals surface area (Å²) in [5, 5.41) is 12.0.